The second-order valence-corrected chi connectivity index (χ2v) is 4.13. The first kappa shape index (κ1) is 13.8. The Morgan fingerprint density at radius 2 is 1.93 bits per heavy atom. The summed E-state index contributed by atoms with van der Waals surface area (Å²) in [5.74, 6) is 0. The molecule has 1 heterocycles. The van der Waals surface area contributed by atoms with E-state index < -0.39 is 0 Å². The first-order valence-corrected chi connectivity index (χ1v) is 5.36. The van der Waals surface area contributed by atoms with E-state index in [2.05, 4.69) is 39.6 Å². The molecule has 0 aliphatic carbocycles. The highest BCUT2D eigenvalue weighted by Crippen LogP contribution is 2.11. The Morgan fingerprint density at radius 1 is 1.36 bits per heavy atom. The van der Waals surface area contributed by atoms with Crippen molar-refractivity contribution in [2.75, 3.05) is 13.6 Å². The van der Waals surface area contributed by atoms with Crippen LogP contribution in [0.2, 0.25) is 0 Å². The fraction of sp³-hybridized carbons (Fsp3) is 0.818. The number of rotatable bonds is 3. The van der Waals surface area contributed by atoms with Gasteiger partial charge in [-0.1, -0.05) is 13.3 Å². The fourth-order valence-corrected chi connectivity index (χ4v) is 2.10. The van der Waals surface area contributed by atoms with Gasteiger partial charge in [0.2, 0.25) is 0 Å². The van der Waals surface area contributed by atoms with Crippen LogP contribution in [0.25, 0.3) is 0 Å². The van der Waals surface area contributed by atoms with Gasteiger partial charge in [-0.2, -0.15) is 0 Å². The summed E-state index contributed by atoms with van der Waals surface area (Å²) < 4.78 is 0. The molecule has 14 heavy (non-hydrogen) atoms. The lowest BCUT2D eigenvalue weighted by Gasteiger charge is -2.23. The molecule has 0 fully saturated rings. The third-order valence-corrected chi connectivity index (χ3v) is 3.44. The van der Waals surface area contributed by atoms with Crippen molar-refractivity contribution in [3.05, 3.63) is 11.4 Å². The Bertz CT molecular complexity index is 213. The van der Waals surface area contributed by atoms with E-state index in [-0.39, 0.29) is 12.4 Å². The molecule has 0 spiro atoms. The molecule has 0 aromatic rings. The average Bonchev–Trinajstić information content (AvgIpc) is 2.30. The molecule has 1 rings (SSSR count). The topological polar surface area (TPSA) is 7.68 Å². The van der Waals surface area contributed by atoms with Gasteiger partial charge < -0.3 is 17.3 Å². The number of nitrogens with zero attached hydrogens (tertiary/aromatic N) is 1. The van der Waals surface area contributed by atoms with Gasteiger partial charge in [0.05, 0.1) is 12.2 Å². The summed E-state index contributed by atoms with van der Waals surface area (Å²) in [6, 6.07) is 0. The van der Waals surface area contributed by atoms with Gasteiger partial charge in [-0.3, -0.25) is 4.90 Å². The Balaban J connectivity index is 0.00000169. The maximum Gasteiger partial charge on any atom is 0.164 e. The number of halogens is 1. The van der Waals surface area contributed by atoms with E-state index in [0.717, 1.165) is 0 Å². The molecule has 2 atom stereocenters. The zero-order valence-electron chi connectivity index (χ0n) is 10.0. The zero-order chi connectivity index (χ0) is 10.0. The standard InChI is InChI=1S/C11H22N2.ClH/c1-6-7-8-13-10(3)9(2)12(5)11(13)4;/h11H,6-8H2,1-5H3;1H. The molecule has 1 aliphatic rings. The summed E-state index contributed by atoms with van der Waals surface area (Å²) in [4.78, 5) is 4.04. The van der Waals surface area contributed by atoms with Crippen LogP contribution < -0.4 is 17.3 Å². The van der Waals surface area contributed by atoms with Crippen LogP contribution >= 0.6 is 0 Å². The molecular formula is C11H23ClN2. The van der Waals surface area contributed by atoms with Crippen molar-refractivity contribution >= 4 is 0 Å². The van der Waals surface area contributed by atoms with Gasteiger partial charge in [-0.15, -0.1) is 0 Å². The Hall–Kier alpha value is -0.210. The minimum Gasteiger partial charge on any atom is -1.00 e. The van der Waals surface area contributed by atoms with Gasteiger partial charge in [0.1, 0.15) is 5.70 Å². The first-order valence-electron chi connectivity index (χ1n) is 5.36. The third kappa shape index (κ3) is 2.43. The molecule has 0 saturated heterocycles. The van der Waals surface area contributed by atoms with Crippen molar-refractivity contribution in [3.63, 3.8) is 0 Å². The zero-order valence-corrected chi connectivity index (χ0v) is 10.8. The number of quaternary nitrogens is 1. The van der Waals surface area contributed by atoms with E-state index in [9.17, 15) is 0 Å². The fourth-order valence-electron chi connectivity index (χ4n) is 2.10. The molecular weight excluding hydrogens is 196 g/mol. The van der Waals surface area contributed by atoms with Crippen LogP contribution in [0, 0.1) is 0 Å². The lowest BCUT2D eigenvalue weighted by molar-refractivity contribution is -0.888. The molecule has 0 radical (unpaired) electrons. The van der Waals surface area contributed by atoms with Crippen molar-refractivity contribution in [1.82, 2.24) is 4.90 Å². The largest absolute Gasteiger partial charge is 1.00 e. The van der Waals surface area contributed by atoms with E-state index in [4.69, 9.17) is 0 Å². The van der Waals surface area contributed by atoms with Crippen LogP contribution in [-0.2, 0) is 0 Å². The normalized spacial score (nSPS) is 26.8. The van der Waals surface area contributed by atoms with Crippen LogP contribution in [0.1, 0.15) is 40.5 Å². The number of hydrogen-bond donors (Lipinski definition) is 1. The summed E-state index contributed by atoms with van der Waals surface area (Å²) in [7, 11) is 2.20. The van der Waals surface area contributed by atoms with Crippen LogP contribution in [0.3, 0.4) is 0 Å². The second-order valence-electron chi connectivity index (χ2n) is 4.13. The summed E-state index contributed by atoms with van der Waals surface area (Å²) >= 11 is 0. The van der Waals surface area contributed by atoms with Gasteiger partial charge in [0.15, 0.2) is 6.17 Å². The van der Waals surface area contributed by atoms with E-state index in [1.165, 1.54) is 30.8 Å². The summed E-state index contributed by atoms with van der Waals surface area (Å²) in [6.07, 6.45) is 3.26. The molecule has 1 N–H and O–H groups in total. The molecule has 84 valence electrons. The third-order valence-electron chi connectivity index (χ3n) is 3.44. The minimum atomic E-state index is 0. The molecule has 3 heteroatoms. The molecule has 0 saturated carbocycles. The minimum absolute atomic E-state index is 0. The lowest BCUT2D eigenvalue weighted by atomic mass is 10.3. The molecule has 1 aliphatic heterocycles. The molecule has 0 bridgehead atoms. The maximum atomic E-state index is 2.39. The van der Waals surface area contributed by atoms with E-state index in [0.29, 0.717) is 6.17 Å². The monoisotopic (exact) mass is 218 g/mol. The van der Waals surface area contributed by atoms with Gasteiger partial charge in [0.25, 0.3) is 0 Å². The smallest absolute Gasteiger partial charge is 0.164 e. The highest BCUT2D eigenvalue weighted by atomic mass is 35.5. The molecule has 0 aromatic heterocycles. The van der Waals surface area contributed by atoms with Crippen molar-refractivity contribution in [2.24, 2.45) is 0 Å². The van der Waals surface area contributed by atoms with Crippen molar-refractivity contribution in [1.29, 1.82) is 0 Å². The van der Waals surface area contributed by atoms with Crippen molar-refractivity contribution in [3.8, 4) is 0 Å². The van der Waals surface area contributed by atoms with Gasteiger partial charge in [-0.25, -0.2) is 0 Å². The summed E-state index contributed by atoms with van der Waals surface area (Å²) in [5, 5.41) is 0. The molecule has 0 aromatic carbocycles. The first-order chi connectivity index (χ1) is 6.09. The Morgan fingerprint density at radius 3 is 2.29 bits per heavy atom. The lowest BCUT2D eigenvalue weighted by Crippen LogP contribution is -3.13. The summed E-state index contributed by atoms with van der Waals surface area (Å²) in [5.41, 5.74) is 2.99. The van der Waals surface area contributed by atoms with Crippen LogP contribution in [0.5, 0.6) is 0 Å². The number of allylic oxidation sites excluding steroid dienone is 2. The predicted octanol–water partition coefficient (Wildman–Crippen LogP) is -1.78. The van der Waals surface area contributed by atoms with Crippen LogP contribution in [0.15, 0.2) is 11.4 Å². The Labute approximate surface area is 94.4 Å². The van der Waals surface area contributed by atoms with E-state index in [1.54, 1.807) is 4.90 Å². The van der Waals surface area contributed by atoms with Gasteiger partial charge >= 0.3 is 0 Å². The molecule has 2 unspecified atom stereocenters. The van der Waals surface area contributed by atoms with E-state index in [1.807, 2.05) is 0 Å². The second kappa shape index (κ2) is 5.62. The maximum absolute atomic E-state index is 2.39. The quantitative estimate of drug-likeness (QED) is 0.589. The van der Waals surface area contributed by atoms with Gasteiger partial charge in [0, 0.05) is 20.9 Å². The van der Waals surface area contributed by atoms with Crippen LogP contribution in [-0.4, -0.2) is 24.7 Å². The van der Waals surface area contributed by atoms with Crippen LogP contribution in [0.4, 0.5) is 0 Å². The molecule has 0 amide bonds. The summed E-state index contributed by atoms with van der Waals surface area (Å²) in [6.45, 7) is 10.3. The average molecular weight is 219 g/mol. The number of hydrogen-bond acceptors (Lipinski definition) is 1. The predicted molar refractivity (Wildman–Crippen MR) is 56.3 cm³/mol. The number of unbranched alkanes of at least 4 members (excludes halogenated alkanes) is 1. The van der Waals surface area contributed by atoms with Crippen molar-refractivity contribution < 1.29 is 17.3 Å². The highest BCUT2D eigenvalue weighted by Gasteiger charge is 2.32. The SMILES string of the molecule is CCCC[NH+]1C(C)=C(C)N(C)C1C.[Cl-]. The van der Waals surface area contributed by atoms with Gasteiger partial charge in [-0.05, 0) is 13.3 Å². The van der Waals surface area contributed by atoms with Crippen molar-refractivity contribution in [2.45, 2.75) is 46.7 Å². The number of nitrogens with one attached hydrogen (secondary N) is 1. The van der Waals surface area contributed by atoms with E-state index >= 15 is 0 Å². The Kier molecular flexibility index (Phi) is 5.53. The molecule has 2 nitrogen and oxygen atoms in total. The highest BCUT2D eigenvalue weighted by molar-refractivity contribution is 5.05.